The lowest BCUT2D eigenvalue weighted by Crippen LogP contribution is -2.55. The Balaban J connectivity index is 1.75. The van der Waals surface area contributed by atoms with Gasteiger partial charge in [0.15, 0.2) is 0 Å². The van der Waals surface area contributed by atoms with Crippen molar-refractivity contribution in [2.45, 2.75) is 38.7 Å². The molecule has 0 radical (unpaired) electrons. The molecule has 3 fully saturated rings. The third-order valence-corrected chi connectivity index (χ3v) is 6.18. The van der Waals surface area contributed by atoms with Crippen molar-refractivity contribution in [1.29, 1.82) is 0 Å². The zero-order valence-electron chi connectivity index (χ0n) is 10.6. The first-order valence-electron chi connectivity index (χ1n) is 7.13. The number of carbonyl (C=O) groups is 1. The highest BCUT2D eigenvalue weighted by Gasteiger charge is 2.72. The van der Waals surface area contributed by atoms with Crippen LogP contribution in [0.5, 0.6) is 0 Å². The second-order valence-corrected chi connectivity index (χ2v) is 6.35. The second-order valence-electron chi connectivity index (χ2n) is 6.35. The number of rotatable bonds is 2. The van der Waals surface area contributed by atoms with E-state index in [2.05, 4.69) is 26.0 Å². The van der Waals surface area contributed by atoms with Crippen molar-refractivity contribution >= 4 is 5.97 Å². The van der Waals surface area contributed by atoms with Gasteiger partial charge in [0.05, 0.1) is 5.92 Å². The van der Waals surface area contributed by atoms with Crippen LogP contribution >= 0.6 is 0 Å². The summed E-state index contributed by atoms with van der Waals surface area (Å²) in [6.07, 6.45) is 8.04. The topological polar surface area (TPSA) is 26.3 Å². The molecule has 6 atom stereocenters. The summed E-state index contributed by atoms with van der Waals surface area (Å²) in [5, 5.41) is 0. The molecule has 2 heteroatoms. The monoisotopic (exact) mass is 232 g/mol. The molecular weight excluding hydrogens is 212 g/mol. The molecule has 2 bridgehead atoms. The van der Waals surface area contributed by atoms with Gasteiger partial charge in [-0.05, 0) is 42.9 Å². The van der Waals surface area contributed by atoms with Crippen LogP contribution in [0.3, 0.4) is 0 Å². The minimum Gasteiger partial charge on any atom is -0.459 e. The van der Waals surface area contributed by atoms with Crippen LogP contribution in [0.25, 0.3) is 0 Å². The summed E-state index contributed by atoms with van der Waals surface area (Å²) >= 11 is 0. The first kappa shape index (κ1) is 10.2. The normalized spacial score (nSPS) is 52.0. The molecule has 0 aromatic heterocycles. The predicted molar refractivity (Wildman–Crippen MR) is 64.1 cm³/mol. The van der Waals surface area contributed by atoms with Gasteiger partial charge in [-0.3, -0.25) is 4.79 Å². The minimum absolute atomic E-state index is 0.112. The first-order chi connectivity index (χ1) is 8.22. The molecular formula is C15H20O2. The van der Waals surface area contributed by atoms with Crippen LogP contribution in [0.1, 0.15) is 33.1 Å². The minimum atomic E-state index is -0.124. The van der Waals surface area contributed by atoms with Crippen molar-refractivity contribution in [3.05, 3.63) is 12.2 Å². The molecule has 4 rings (SSSR count). The molecule has 0 aromatic carbocycles. The zero-order valence-corrected chi connectivity index (χ0v) is 10.6. The van der Waals surface area contributed by atoms with Crippen molar-refractivity contribution in [2.75, 3.05) is 0 Å². The zero-order chi connectivity index (χ0) is 11.8. The maximum Gasteiger partial charge on any atom is 0.310 e. The van der Waals surface area contributed by atoms with Crippen LogP contribution in [-0.4, -0.2) is 11.6 Å². The van der Waals surface area contributed by atoms with Gasteiger partial charge in [0.2, 0.25) is 0 Å². The SMILES string of the molecule is CCC1(CC)OC(=O)C2C3C4C=CC(C4)C3C21. The molecule has 4 aliphatic rings. The van der Waals surface area contributed by atoms with Crippen molar-refractivity contribution < 1.29 is 9.53 Å². The summed E-state index contributed by atoms with van der Waals surface area (Å²) in [4.78, 5) is 12.1. The van der Waals surface area contributed by atoms with Crippen molar-refractivity contribution in [3.63, 3.8) is 0 Å². The highest BCUT2D eigenvalue weighted by atomic mass is 16.6. The summed E-state index contributed by atoms with van der Waals surface area (Å²) in [6.45, 7) is 4.35. The van der Waals surface area contributed by atoms with Gasteiger partial charge in [0.1, 0.15) is 5.60 Å². The number of esters is 1. The quantitative estimate of drug-likeness (QED) is 0.540. The number of cyclic esters (lactones) is 1. The average Bonchev–Trinajstić information content (AvgIpc) is 2.90. The fourth-order valence-corrected chi connectivity index (χ4v) is 5.43. The van der Waals surface area contributed by atoms with Gasteiger partial charge in [-0.15, -0.1) is 0 Å². The second kappa shape index (κ2) is 2.96. The van der Waals surface area contributed by atoms with Crippen LogP contribution < -0.4 is 0 Å². The summed E-state index contributed by atoms with van der Waals surface area (Å²) < 4.78 is 5.83. The van der Waals surface area contributed by atoms with Crippen LogP contribution in [0, 0.1) is 35.5 Å². The van der Waals surface area contributed by atoms with E-state index >= 15 is 0 Å². The lowest BCUT2D eigenvalue weighted by atomic mass is 9.49. The van der Waals surface area contributed by atoms with Gasteiger partial charge < -0.3 is 4.74 Å². The van der Waals surface area contributed by atoms with Crippen molar-refractivity contribution in [2.24, 2.45) is 35.5 Å². The molecule has 17 heavy (non-hydrogen) atoms. The molecule has 0 N–H and O–H groups in total. The molecule has 1 saturated heterocycles. The van der Waals surface area contributed by atoms with E-state index in [9.17, 15) is 4.79 Å². The lowest BCUT2D eigenvalue weighted by molar-refractivity contribution is -0.151. The molecule has 0 aromatic rings. The van der Waals surface area contributed by atoms with E-state index in [1.807, 2.05) is 0 Å². The lowest BCUT2D eigenvalue weighted by Gasteiger charge is -2.52. The molecule has 6 unspecified atom stereocenters. The van der Waals surface area contributed by atoms with Crippen LogP contribution in [0.4, 0.5) is 0 Å². The van der Waals surface area contributed by atoms with Gasteiger partial charge in [0.25, 0.3) is 0 Å². The van der Waals surface area contributed by atoms with E-state index < -0.39 is 0 Å². The summed E-state index contributed by atoms with van der Waals surface area (Å²) in [7, 11) is 0. The Morgan fingerprint density at radius 3 is 2.53 bits per heavy atom. The van der Waals surface area contributed by atoms with E-state index in [1.54, 1.807) is 0 Å². The highest BCUT2D eigenvalue weighted by molar-refractivity contribution is 5.78. The summed E-state index contributed by atoms with van der Waals surface area (Å²) in [5.41, 5.74) is -0.124. The highest BCUT2D eigenvalue weighted by Crippen LogP contribution is 2.70. The molecule has 92 valence electrons. The molecule has 2 saturated carbocycles. The molecule has 3 aliphatic carbocycles. The Hall–Kier alpha value is -0.790. The largest absolute Gasteiger partial charge is 0.459 e. The smallest absolute Gasteiger partial charge is 0.310 e. The van der Waals surface area contributed by atoms with E-state index in [1.165, 1.54) is 6.42 Å². The van der Waals surface area contributed by atoms with Crippen LogP contribution in [0.15, 0.2) is 12.2 Å². The van der Waals surface area contributed by atoms with E-state index in [4.69, 9.17) is 4.74 Å². The number of carbonyl (C=O) groups excluding carboxylic acids is 1. The Morgan fingerprint density at radius 2 is 1.88 bits per heavy atom. The van der Waals surface area contributed by atoms with Crippen LogP contribution in [0.2, 0.25) is 0 Å². The maximum atomic E-state index is 12.1. The van der Waals surface area contributed by atoms with Gasteiger partial charge in [0, 0.05) is 5.92 Å². The van der Waals surface area contributed by atoms with Crippen LogP contribution in [-0.2, 0) is 9.53 Å². The van der Waals surface area contributed by atoms with Crippen molar-refractivity contribution in [1.82, 2.24) is 0 Å². The Bertz CT molecular complexity index is 407. The van der Waals surface area contributed by atoms with Gasteiger partial charge in [-0.25, -0.2) is 0 Å². The van der Waals surface area contributed by atoms with Gasteiger partial charge in [-0.2, -0.15) is 0 Å². The fraction of sp³-hybridized carbons (Fsp3) is 0.800. The third-order valence-electron chi connectivity index (χ3n) is 6.18. The van der Waals surface area contributed by atoms with Gasteiger partial charge >= 0.3 is 5.97 Å². The van der Waals surface area contributed by atoms with E-state index in [0.717, 1.165) is 24.7 Å². The van der Waals surface area contributed by atoms with E-state index in [0.29, 0.717) is 17.8 Å². The summed E-state index contributed by atoms with van der Waals surface area (Å²) in [5.74, 6) is 3.68. The fourth-order valence-electron chi connectivity index (χ4n) is 5.43. The molecule has 1 heterocycles. The Kier molecular flexibility index (Phi) is 1.77. The van der Waals surface area contributed by atoms with Gasteiger partial charge in [-0.1, -0.05) is 26.0 Å². The molecule has 0 amide bonds. The molecule has 1 aliphatic heterocycles. The number of hydrogen-bond acceptors (Lipinski definition) is 2. The number of ether oxygens (including phenoxy) is 1. The first-order valence-corrected chi connectivity index (χ1v) is 7.13. The number of fused-ring (bicyclic) bond motifs is 8. The Morgan fingerprint density at radius 1 is 1.24 bits per heavy atom. The van der Waals surface area contributed by atoms with E-state index in [-0.39, 0.29) is 17.5 Å². The predicted octanol–water partition coefficient (Wildman–Crippen LogP) is 2.79. The number of allylic oxidation sites excluding steroid dienone is 2. The number of hydrogen-bond donors (Lipinski definition) is 0. The molecule has 0 spiro atoms. The third kappa shape index (κ3) is 0.937. The standard InChI is InChI=1S/C15H20O2/c1-3-15(4-2)13-11-9-6-5-8(7-9)10(11)12(13)14(16)17-15/h5-6,8-13H,3-4,7H2,1-2H3. The summed E-state index contributed by atoms with van der Waals surface area (Å²) in [6, 6.07) is 0. The maximum absolute atomic E-state index is 12.1. The van der Waals surface area contributed by atoms with Crippen molar-refractivity contribution in [3.8, 4) is 0 Å². The Labute approximate surface area is 102 Å². The average molecular weight is 232 g/mol. The molecule has 2 nitrogen and oxygen atoms in total.